The van der Waals surface area contributed by atoms with E-state index in [-0.39, 0.29) is 17.9 Å². The molecule has 3 rings (SSSR count). The average Bonchev–Trinajstić information content (AvgIpc) is 2.94. The van der Waals surface area contributed by atoms with E-state index < -0.39 is 0 Å². The lowest BCUT2D eigenvalue weighted by molar-refractivity contribution is -0.118. The predicted octanol–water partition coefficient (Wildman–Crippen LogP) is 6.03. The number of nitrogens with zero attached hydrogens (tertiary/aromatic N) is 1. The number of carbonyl (C=O) groups excluding carboxylic acids is 1. The van der Waals surface area contributed by atoms with E-state index in [2.05, 4.69) is 47.0 Å². The first-order valence-corrected chi connectivity index (χ1v) is 10.00. The zero-order chi connectivity index (χ0) is 18.9. The Labute approximate surface area is 169 Å². The Kier molecular flexibility index (Phi) is 5.55. The van der Waals surface area contributed by atoms with Gasteiger partial charge in [-0.05, 0) is 41.8 Å². The van der Waals surface area contributed by atoms with Crippen LogP contribution in [0.15, 0.2) is 40.9 Å². The van der Waals surface area contributed by atoms with Gasteiger partial charge in [-0.15, -0.1) is 0 Å². The third-order valence-corrected chi connectivity index (χ3v) is 5.37. The van der Waals surface area contributed by atoms with Crippen LogP contribution in [0.1, 0.15) is 26.3 Å². The minimum absolute atomic E-state index is 0.0820. The van der Waals surface area contributed by atoms with Gasteiger partial charge in [-0.3, -0.25) is 10.1 Å². The van der Waals surface area contributed by atoms with E-state index in [9.17, 15) is 4.79 Å². The maximum atomic E-state index is 12.3. The number of rotatable bonds is 4. The second-order valence-corrected chi connectivity index (χ2v) is 9.24. The van der Waals surface area contributed by atoms with Gasteiger partial charge in [0.15, 0.2) is 11.7 Å². The van der Waals surface area contributed by atoms with Crippen molar-refractivity contribution in [1.82, 2.24) is 4.98 Å². The third-order valence-electron chi connectivity index (χ3n) is 3.71. The molecule has 2 aromatic carbocycles. The fourth-order valence-electron chi connectivity index (χ4n) is 2.46. The minimum atomic E-state index is -0.252. The monoisotopic (exact) mass is 452 g/mol. The van der Waals surface area contributed by atoms with E-state index in [1.165, 1.54) is 11.3 Å². The third kappa shape index (κ3) is 4.55. The average molecular weight is 454 g/mol. The summed E-state index contributed by atoms with van der Waals surface area (Å²) in [5, 5.41) is 3.96. The summed E-state index contributed by atoms with van der Waals surface area (Å²) in [6.45, 7) is 6.23. The first-order valence-electron chi connectivity index (χ1n) is 8.01. The van der Waals surface area contributed by atoms with Gasteiger partial charge in [0.1, 0.15) is 5.75 Å². The number of aromatic nitrogens is 1. The second kappa shape index (κ2) is 7.55. The maximum absolute atomic E-state index is 12.3. The van der Waals surface area contributed by atoms with Crippen LogP contribution in [0.25, 0.3) is 10.2 Å². The molecule has 3 aromatic rings. The van der Waals surface area contributed by atoms with Crippen molar-refractivity contribution in [1.29, 1.82) is 0 Å². The minimum Gasteiger partial charge on any atom is -0.483 e. The number of nitrogens with one attached hydrogen (secondary N) is 1. The summed E-state index contributed by atoms with van der Waals surface area (Å²) in [7, 11) is 0. The van der Waals surface area contributed by atoms with Gasteiger partial charge in [-0.1, -0.05) is 59.6 Å². The molecule has 0 aliphatic rings. The highest BCUT2D eigenvalue weighted by atomic mass is 79.9. The summed E-state index contributed by atoms with van der Waals surface area (Å²) < 4.78 is 7.68. The van der Waals surface area contributed by atoms with E-state index in [4.69, 9.17) is 16.3 Å². The van der Waals surface area contributed by atoms with Crippen molar-refractivity contribution in [3.8, 4) is 5.75 Å². The molecule has 0 saturated heterocycles. The van der Waals surface area contributed by atoms with Gasteiger partial charge < -0.3 is 4.74 Å². The summed E-state index contributed by atoms with van der Waals surface area (Å²) in [4.78, 5) is 16.6. The molecule has 4 nitrogen and oxygen atoms in total. The number of halogens is 2. The summed E-state index contributed by atoms with van der Waals surface area (Å²) >= 11 is 10.8. The number of anilines is 1. The van der Waals surface area contributed by atoms with E-state index in [0.29, 0.717) is 15.9 Å². The molecule has 0 saturated carbocycles. The van der Waals surface area contributed by atoms with Crippen molar-refractivity contribution >= 4 is 60.1 Å². The van der Waals surface area contributed by atoms with Crippen molar-refractivity contribution in [3.05, 3.63) is 51.5 Å². The number of fused-ring (bicyclic) bond motifs is 1. The molecule has 0 aliphatic carbocycles. The van der Waals surface area contributed by atoms with E-state index in [1.54, 1.807) is 6.07 Å². The summed E-state index contributed by atoms with van der Waals surface area (Å²) in [6, 6.07) is 11.2. The lowest BCUT2D eigenvalue weighted by Crippen LogP contribution is -2.21. The van der Waals surface area contributed by atoms with Crippen LogP contribution in [0, 0.1) is 0 Å². The van der Waals surface area contributed by atoms with E-state index >= 15 is 0 Å². The molecule has 26 heavy (non-hydrogen) atoms. The van der Waals surface area contributed by atoms with Gasteiger partial charge in [0, 0.05) is 15.1 Å². The normalized spacial score (nSPS) is 11.6. The molecule has 0 atom stereocenters. The Bertz CT molecular complexity index is 966. The van der Waals surface area contributed by atoms with Gasteiger partial charge in [0.05, 0.1) is 10.2 Å². The van der Waals surface area contributed by atoms with Crippen molar-refractivity contribution < 1.29 is 9.53 Å². The van der Waals surface area contributed by atoms with Crippen LogP contribution in [0.2, 0.25) is 5.02 Å². The Balaban J connectivity index is 1.69. The molecule has 1 heterocycles. The van der Waals surface area contributed by atoms with Crippen LogP contribution in [0.4, 0.5) is 5.13 Å². The summed E-state index contributed by atoms with van der Waals surface area (Å²) in [6.07, 6.45) is 0. The second-order valence-electron chi connectivity index (χ2n) is 6.86. The van der Waals surface area contributed by atoms with Gasteiger partial charge in [0.2, 0.25) is 0 Å². The zero-order valence-electron chi connectivity index (χ0n) is 14.6. The lowest BCUT2D eigenvalue weighted by Gasteiger charge is -2.23. The highest BCUT2D eigenvalue weighted by Gasteiger charge is 2.20. The number of thiazole rings is 1. The number of benzene rings is 2. The van der Waals surface area contributed by atoms with Gasteiger partial charge >= 0.3 is 0 Å². The first kappa shape index (κ1) is 19.1. The van der Waals surface area contributed by atoms with Crippen LogP contribution < -0.4 is 10.1 Å². The largest absolute Gasteiger partial charge is 0.483 e. The van der Waals surface area contributed by atoms with Gasteiger partial charge in [-0.25, -0.2) is 4.98 Å². The van der Waals surface area contributed by atoms with Gasteiger partial charge in [-0.2, -0.15) is 0 Å². The molecule has 1 N–H and O–H groups in total. The number of amides is 1. The molecule has 0 aliphatic heterocycles. The lowest BCUT2D eigenvalue weighted by atomic mass is 9.86. The Morgan fingerprint density at radius 3 is 2.77 bits per heavy atom. The van der Waals surface area contributed by atoms with Crippen LogP contribution >= 0.6 is 38.9 Å². The number of ether oxygens (including phenoxy) is 1. The summed E-state index contributed by atoms with van der Waals surface area (Å²) in [5.74, 6) is 0.449. The van der Waals surface area contributed by atoms with Crippen molar-refractivity contribution in [3.63, 3.8) is 0 Å². The molecule has 0 bridgehead atoms. The fourth-order valence-corrected chi connectivity index (χ4v) is 3.98. The van der Waals surface area contributed by atoms with Crippen LogP contribution in [-0.4, -0.2) is 17.5 Å². The standard InChI is InChI=1S/C19H18BrClN2O2S/c1-19(2,3)13-8-11(20)4-7-15(13)25-10-17(24)23-18-22-14-6-5-12(21)9-16(14)26-18/h4-9H,10H2,1-3H3,(H,22,23,24). The van der Waals surface area contributed by atoms with E-state index in [1.807, 2.05) is 30.3 Å². The highest BCUT2D eigenvalue weighted by Crippen LogP contribution is 2.34. The first-order chi connectivity index (χ1) is 12.2. The maximum Gasteiger partial charge on any atom is 0.264 e. The Hall–Kier alpha value is -1.63. The molecule has 136 valence electrons. The molecule has 0 spiro atoms. The zero-order valence-corrected chi connectivity index (χ0v) is 17.8. The predicted molar refractivity (Wildman–Crippen MR) is 112 cm³/mol. The molecule has 0 radical (unpaired) electrons. The van der Waals surface area contributed by atoms with Crippen LogP contribution in [-0.2, 0) is 10.2 Å². The number of carbonyl (C=O) groups is 1. The molecule has 1 amide bonds. The van der Waals surface area contributed by atoms with Crippen molar-refractivity contribution in [2.45, 2.75) is 26.2 Å². The Morgan fingerprint density at radius 1 is 1.27 bits per heavy atom. The highest BCUT2D eigenvalue weighted by molar-refractivity contribution is 9.10. The van der Waals surface area contributed by atoms with Crippen molar-refractivity contribution in [2.75, 3.05) is 11.9 Å². The van der Waals surface area contributed by atoms with E-state index in [0.717, 1.165) is 20.3 Å². The molecule has 1 aromatic heterocycles. The molecule has 0 fully saturated rings. The Morgan fingerprint density at radius 2 is 2.04 bits per heavy atom. The molecule has 0 unspecified atom stereocenters. The fraction of sp³-hybridized carbons (Fsp3) is 0.263. The quantitative estimate of drug-likeness (QED) is 0.525. The van der Waals surface area contributed by atoms with Crippen LogP contribution in [0.3, 0.4) is 0 Å². The van der Waals surface area contributed by atoms with Crippen LogP contribution in [0.5, 0.6) is 5.75 Å². The van der Waals surface area contributed by atoms with Gasteiger partial charge in [0.25, 0.3) is 5.91 Å². The smallest absolute Gasteiger partial charge is 0.264 e. The topological polar surface area (TPSA) is 51.2 Å². The summed E-state index contributed by atoms with van der Waals surface area (Å²) in [5.41, 5.74) is 1.75. The number of hydrogen-bond acceptors (Lipinski definition) is 4. The SMILES string of the molecule is CC(C)(C)c1cc(Br)ccc1OCC(=O)Nc1nc2ccc(Cl)cc2s1. The molecule has 7 heteroatoms. The molecular formula is C19H18BrClN2O2S. The number of hydrogen-bond donors (Lipinski definition) is 1. The van der Waals surface area contributed by atoms with Crippen molar-refractivity contribution in [2.24, 2.45) is 0 Å². The molecular weight excluding hydrogens is 436 g/mol.